The Morgan fingerprint density at radius 1 is 1.29 bits per heavy atom. The number of carbonyl (C=O) groups excluding carboxylic acids is 1. The molecule has 0 saturated heterocycles. The summed E-state index contributed by atoms with van der Waals surface area (Å²) >= 11 is 0. The molecule has 0 amide bonds. The van der Waals surface area contributed by atoms with Crippen LogP contribution in [0, 0.1) is 17.3 Å². The number of esters is 1. The molecule has 1 aromatic rings. The zero-order chi connectivity index (χ0) is 15.0. The second-order valence-electron chi connectivity index (χ2n) is 6.80. The van der Waals surface area contributed by atoms with Crippen LogP contribution in [0.1, 0.15) is 37.3 Å². The molecule has 0 aromatic heterocycles. The lowest BCUT2D eigenvalue weighted by Gasteiger charge is -2.42. The van der Waals surface area contributed by atoms with E-state index in [0.29, 0.717) is 18.3 Å². The molecule has 1 aromatic carbocycles. The highest BCUT2D eigenvalue weighted by Crippen LogP contribution is 2.56. The van der Waals surface area contributed by atoms with Crippen molar-refractivity contribution in [2.45, 2.75) is 45.1 Å². The number of fused-ring (bicyclic) bond motifs is 3. The summed E-state index contributed by atoms with van der Waals surface area (Å²) in [6.45, 7) is 2.07. The second-order valence-corrected chi connectivity index (χ2v) is 6.80. The molecule has 2 bridgehead atoms. The maximum absolute atomic E-state index is 12.0. The van der Waals surface area contributed by atoms with Gasteiger partial charge in [-0.3, -0.25) is 4.79 Å². The zero-order valence-corrected chi connectivity index (χ0v) is 13.0. The molecular weight excluding hydrogens is 262 g/mol. The molecule has 1 saturated carbocycles. The van der Waals surface area contributed by atoms with Gasteiger partial charge in [0.25, 0.3) is 0 Å². The number of ether oxygens (including phenoxy) is 1. The smallest absolute Gasteiger partial charge is 0.306 e. The van der Waals surface area contributed by atoms with Crippen LogP contribution in [0.15, 0.2) is 24.3 Å². The highest BCUT2D eigenvalue weighted by Gasteiger charge is 2.54. The summed E-state index contributed by atoms with van der Waals surface area (Å²) in [6, 6.07) is 8.72. The molecule has 2 aliphatic rings. The minimum absolute atomic E-state index is 0.0170. The molecular formula is C18H25NO2. The first-order valence-corrected chi connectivity index (χ1v) is 7.97. The van der Waals surface area contributed by atoms with E-state index in [4.69, 9.17) is 10.5 Å². The molecule has 3 nitrogen and oxygen atoms in total. The summed E-state index contributed by atoms with van der Waals surface area (Å²) in [5.74, 6) is 0.866. The van der Waals surface area contributed by atoms with Crippen molar-refractivity contribution in [3.8, 4) is 0 Å². The Morgan fingerprint density at radius 2 is 1.81 bits per heavy atom. The first-order chi connectivity index (χ1) is 10.1. The van der Waals surface area contributed by atoms with Gasteiger partial charge in [-0.05, 0) is 55.6 Å². The van der Waals surface area contributed by atoms with Crippen LogP contribution in [-0.4, -0.2) is 19.1 Å². The normalized spacial score (nSPS) is 32.1. The maximum atomic E-state index is 12.0. The van der Waals surface area contributed by atoms with Gasteiger partial charge in [0.15, 0.2) is 0 Å². The van der Waals surface area contributed by atoms with Crippen LogP contribution in [0.4, 0.5) is 0 Å². The van der Waals surface area contributed by atoms with Crippen molar-refractivity contribution < 1.29 is 9.53 Å². The number of hydrogen-bond acceptors (Lipinski definition) is 3. The average molecular weight is 287 g/mol. The summed E-state index contributed by atoms with van der Waals surface area (Å²) in [4.78, 5) is 12.0. The van der Waals surface area contributed by atoms with E-state index in [9.17, 15) is 4.79 Å². The van der Waals surface area contributed by atoms with Crippen molar-refractivity contribution in [1.82, 2.24) is 0 Å². The number of rotatable bonds is 3. The Kier molecular flexibility index (Phi) is 3.78. The van der Waals surface area contributed by atoms with Gasteiger partial charge < -0.3 is 10.5 Å². The monoisotopic (exact) mass is 287 g/mol. The number of methoxy groups -OCH3 is 1. The van der Waals surface area contributed by atoms with Crippen LogP contribution in [0.25, 0.3) is 0 Å². The van der Waals surface area contributed by atoms with Crippen LogP contribution in [-0.2, 0) is 22.4 Å². The fourth-order valence-corrected chi connectivity index (χ4v) is 4.86. The Morgan fingerprint density at radius 3 is 2.24 bits per heavy atom. The third-order valence-corrected chi connectivity index (χ3v) is 5.96. The van der Waals surface area contributed by atoms with Gasteiger partial charge in [-0.1, -0.05) is 24.3 Å². The van der Waals surface area contributed by atoms with Crippen molar-refractivity contribution in [3.63, 3.8) is 0 Å². The molecule has 114 valence electrons. The van der Waals surface area contributed by atoms with E-state index in [1.807, 2.05) is 0 Å². The summed E-state index contributed by atoms with van der Waals surface area (Å²) in [7, 11) is 1.48. The maximum Gasteiger partial charge on any atom is 0.306 e. The van der Waals surface area contributed by atoms with Crippen molar-refractivity contribution in [2.75, 3.05) is 7.11 Å². The fourth-order valence-electron chi connectivity index (χ4n) is 4.86. The Bertz CT molecular complexity index is 505. The van der Waals surface area contributed by atoms with E-state index in [-0.39, 0.29) is 17.4 Å². The Balaban J connectivity index is 2.01. The molecule has 0 radical (unpaired) electrons. The van der Waals surface area contributed by atoms with Gasteiger partial charge in [0.05, 0.1) is 13.5 Å². The lowest BCUT2D eigenvalue weighted by Crippen LogP contribution is -2.48. The van der Waals surface area contributed by atoms with Gasteiger partial charge in [0.1, 0.15) is 0 Å². The predicted molar refractivity (Wildman–Crippen MR) is 82.8 cm³/mol. The lowest BCUT2D eigenvalue weighted by molar-refractivity contribution is -0.145. The number of carbonyl (C=O) groups is 1. The van der Waals surface area contributed by atoms with Gasteiger partial charge in [-0.15, -0.1) is 0 Å². The van der Waals surface area contributed by atoms with Gasteiger partial charge in [-0.25, -0.2) is 0 Å². The van der Waals surface area contributed by atoms with E-state index in [1.54, 1.807) is 0 Å². The third kappa shape index (κ3) is 2.28. The van der Waals surface area contributed by atoms with Gasteiger partial charge in [0, 0.05) is 11.5 Å². The highest BCUT2D eigenvalue weighted by molar-refractivity contribution is 5.70. The Hall–Kier alpha value is -1.35. The molecule has 0 heterocycles. The van der Waals surface area contributed by atoms with E-state index in [0.717, 1.165) is 12.8 Å². The van der Waals surface area contributed by atoms with Gasteiger partial charge >= 0.3 is 5.97 Å². The predicted octanol–water partition coefficient (Wildman–Crippen LogP) is 2.71. The molecule has 21 heavy (non-hydrogen) atoms. The fraction of sp³-hybridized carbons (Fsp3) is 0.611. The quantitative estimate of drug-likeness (QED) is 0.870. The van der Waals surface area contributed by atoms with Crippen LogP contribution >= 0.6 is 0 Å². The number of nitrogens with two attached hydrogens (primary N) is 1. The summed E-state index contributed by atoms with van der Waals surface area (Å²) in [5, 5.41) is 0. The molecule has 2 N–H and O–H groups in total. The van der Waals surface area contributed by atoms with E-state index in [2.05, 4.69) is 31.2 Å². The van der Waals surface area contributed by atoms with Crippen LogP contribution in [0.5, 0.6) is 0 Å². The first kappa shape index (κ1) is 14.6. The minimum atomic E-state index is -0.116. The molecule has 1 fully saturated rings. The lowest BCUT2D eigenvalue weighted by atomic mass is 9.64. The molecule has 3 heteroatoms. The standard InChI is InChI=1S/C18H25NO2/c1-12(19)18(11-17(20)21-2)15-7-8-16(18)10-14-6-4-3-5-13(14)9-15/h3-6,12,15-16H,7-11,19H2,1-2H3. The number of benzene rings is 1. The first-order valence-electron chi connectivity index (χ1n) is 7.97. The van der Waals surface area contributed by atoms with Crippen LogP contribution in [0.3, 0.4) is 0 Å². The third-order valence-electron chi connectivity index (χ3n) is 5.96. The van der Waals surface area contributed by atoms with Crippen molar-refractivity contribution >= 4 is 5.97 Å². The van der Waals surface area contributed by atoms with E-state index >= 15 is 0 Å². The average Bonchev–Trinajstić information content (AvgIpc) is 2.71. The minimum Gasteiger partial charge on any atom is -0.469 e. The molecule has 3 atom stereocenters. The van der Waals surface area contributed by atoms with Crippen LogP contribution < -0.4 is 5.73 Å². The molecule has 0 spiro atoms. The molecule has 3 rings (SSSR count). The SMILES string of the molecule is COC(=O)CC1(C(C)N)C2CCC1Cc1ccccc1C2. The largest absolute Gasteiger partial charge is 0.469 e. The summed E-state index contributed by atoms with van der Waals surface area (Å²) < 4.78 is 4.98. The molecule has 3 unspecified atom stereocenters. The zero-order valence-electron chi connectivity index (χ0n) is 13.0. The Labute approximate surface area is 126 Å². The summed E-state index contributed by atoms with van der Waals surface area (Å²) in [5.41, 5.74) is 9.21. The van der Waals surface area contributed by atoms with Crippen molar-refractivity contribution in [1.29, 1.82) is 0 Å². The molecule has 2 aliphatic carbocycles. The topological polar surface area (TPSA) is 52.3 Å². The molecule has 0 aliphatic heterocycles. The van der Waals surface area contributed by atoms with E-state index < -0.39 is 0 Å². The van der Waals surface area contributed by atoms with Gasteiger partial charge in [-0.2, -0.15) is 0 Å². The van der Waals surface area contributed by atoms with Crippen molar-refractivity contribution in [3.05, 3.63) is 35.4 Å². The van der Waals surface area contributed by atoms with Crippen LogP contribution in [0.2, 0.25) is 0 Å². The van der Waals surface area contributed by atoms with Crippen molar-refractivity contribution in [2.24, 2.45) is 23.0 Å². The summed E-state index contributed by atoms with van der Waals surface area (Å²) in [6.07, 6.45) is 4.91. The van der Waals surface area contributed by atoms with Gasteiger partial charge in [0.2, 0.25) is 0 Å². The highest BCUT2D eigenvalue weighted by atomic mass is 16.5. The second kappa shape index (κ2) is 5.45. The van der Waals surface area contributed by atoms with E-state index in [1.165, 1.54) is 31.1 Å². The number of hydrogen-bond donors (Lipinski definition) is 1.